The zero-order valence-electron chi connectivity index (χ0n) is 35.7. The van der Waals surface area contributed by atoms with E-state index in [-0.39, 0.29) is 12.1 Å². The zero-order valence-corrected chi connectivity index (χ0v) is 35.7. The molecule has 60 heavy (non-hydrogen) atoms. The van der Waals surface area contributed by atoms with E-state index in [1.54, 1.807) is 28.4 Å². The van der Waals surface area contributed by atoms with Crippen LogP contribution in [0.3, 0.4) is 0 Å². The molecule has 0 N–H and O–H groups in total. The molecule has 4 atom stereocenters. The maximum absolute atomic E-state index is 7.40. The smallest absolute Gasteiger partial charge is 0.204 e. The van der Waals surface area contributed by atoms with Crippen LogP contribution in [0.25, 0.3) is 0 Å². The summed E-state index contributed by atoms with van der Waals surface area (Å²) in [7, 11) is 11.6. The molecule has 0 spiro atoms. The van der Waals surface area contributed by atoms with E-state index < -0.39 is 0 Å². The second-order valence-corrected chi connectivity index (χ2v) is 17.2. The zero-order chi connectivity index (χ0) is 41.4. The van der Waals surface area contributed by atoms with Crippen molar-refractivity contribution >= 4 is 0 Å². The van der Waals surface area contributed by atoms with Crippen molar-refractivity contribution < 1.29 is 37.4 Å². The number of ether oxygens (including phenoxy) is 6. The van der Waals surface area contributed by atoms with Gasteiger partial charge in [0.25, 0.3) is 0 Å². The molecule has 4 unspecified atom stereocenters. The molecule has 0 aromatic heterocycles. The van der Waals surface area contributed by atoms with Gasteiger partial charge in [0.2, 0.25) is 5.75 Å². The number of rotatable bonds is 8. The largest absolute Gasteiger partial charge is 0.493 e. The molecule has 6 bridgehead atoms. The Hall–Kier alpha value is -5.96. The van der Waals surface area contributed by atoms with Gasteiger partial charge in [-0.1, -0.05) is 78.9 Å². The molecule has 8 heteroatoms. The highest BCUT2D eigenvalue weighted by Gasteiger charge is 2.45. The minimum Gasteiger partial charge on any atom is -0.493 e. The summed E-state index contributed by atoms with van der Waals surface area (Å²) < 4.78 is 40.2. The fraction of sp³-hybridized carbons (Fsp3) is 0.308. The number of likely N-dealkylation sites (N-methyl/N-ethyl adjacent to an activating group) is 2. The molecule has 8 nitrogen and oxygen atoms in total. The van der Waals surface area contributed by atoms with Crippen molar-refractivity contribution in [1.82, 2.24) is 0 Å². The number of nitrogens with zero attached hydrogens (tertiary/aromatic N) is 2. The van der Waals surface area contributed by atoms with Crippen LogP contribution in [-0.4, -0.2) is 64.6 Å². The molecule has 4 aliphatic rings. The predicted molar refractivity (Wildman–Crippen MR) is 235 cm³/mol. The topological polar surface area (TPSA) is 55.4 Å². The molecule has 0 radical (unpaired) electrons. The first-order valence-electron chi connectivity index (χ1n) is 21.1. The highest BCUT2D eigenvalue weighted by Crippen LogP contribution is 2.54. The Morgan fingerprint density at radius 3 is 1.73 bits per heavy atom. The second-order valence-electron chi connectivity index (χ2n) is 17.2. The summed E-state index contributed by atoms with van der Waals surface area (Å²) in [4.78, 5) is 0. The third-order valence-electron chi connectivity index (χ3n) is 13.4. The number of methoxy groups -OCH3 is 4. The Kier molecular flexibility index (Phi) is 10.7. The van der Waals surface area contributed by atoms with Crippen molar-refractivity contribution in [1.29, 1.82) is 0 Å². The highest BCUT2D eigenvalue weighted by molar-refractivity contribution is 5.63. The SMILES string of the molecule is COc1ccc2cc1Oc1ccc(cc1)CC1c3cc(c(OC)cc3CC[N+]1(C)Cc1ccccc1)Oc1c(OC)c(OC)cc3c1C(C2)[N+](C)(Cc1ccccc1)CC3. The van der Waals surface area contributed by atoms with E-state index in [1.165, 1.54) is 33.4 Å². The van der Waals surface area contributed by atoms with Gasteiger partial charge in [-0.25, -0.2) is 0 Å². The fourth-order valence-corrected chi connectivity index (χ4v) is 10.1. The monoisotopic (exact) mass is 804 g/mol. The molecule has 0 saturated carbocycles. The van der Waals surface area contributed by atoms with Crippen LogP contribution in [0.15, 0.2) is 121 Å². The van der Waals surface area contributed by atoms with Gasteiger partial charge in [0.05, 0.1) is 61.2 Å². The van der Waals surface area contributed by atoms with Gasteiger partial charge >= 0.3 is 0 Å². The summed E-state index contributed by atoms with van der Waals surface area (Å²) in [5.74, 6) is 5.41. The van der Waals surface area contributed by atoms with E-state index in [0.29, 0.717) is 46.7 Å². The fourth-order valence-electron chi connectivity index (χ4n) is 10.1. The Balaban J connectivity index is 1.28. The number of benzene rings is 6. The van der Waals surface area contributed by atoms with Crippen LogP contribution < -0.4 is 28.4 Å². The van der Waals surface area contributed by atoms with Crippen LogP contribution in [0.1, 0.15) is 56.6 Å². The van der Waals surface area contributed by atoms with Gasteiger partial charge in [0.15, 0.2) is 34.5 Å². The van der Waals surface area contributed by atoms with E-state index >= 15 is 0 Å². The third-order valence-corrected chi connectivity index (χ3v) is 13.4. The van der Waals surface area contributed by atoms with Gasteiger partial charge in [0.1, 0.15) is 30.9 Å². The lowest BCUT2D eigenvalue weighted by atomic mass is 9.84. The molecule has 6 aromatic carbocycles. The first kappa shape index (κ1) is 39.5. The van der Waals surface area contributed by atoms with E-state index in [9.17, 15) is 0 Å². The first-order chi connectivity index (χ1) is 29.2. The van der Waals surface area contributed by atoms with Crippen molar-refractivity contribution in [2.45, 2.75) is 50.9 Å². The highest BCUT2D eigenvalue weighted by atomic mass is 16.5. The van der Waals surface area contributed by atoms with Gasteiger partial charge < -0.3 is 37.4 Å². The van der Waals surface area contributed by atoms with Crippen molar-refractivity contribution in [3.63, 3.8) is 0 Å². The van der Waals surface area contributed by atoms with Crippen molar-refractivity contribution in [2.75, 3.05) is 55.6 Å². The van der Waals surface area contributed by atoms with Crippen LogP contribution in [0, 0.1) is 0 Å². The van der Waals surface area contributed by atoms with Crippen LogP contribution >= 0.6 is 0 Å². The van der Waals surface area contributed by atoms with E-state index in [4.69, 9.17) is 28.4 Å². The lowest BCUT2D eigenvalue weighted by Crippen LogP contribution is -2.51. The molecule has 308 valence electrons. The maximum Gasteiger partial charge on any atom is 0.204 e. The number of hydrogen-bond acceptors (Lipinski definition) is 6. The molecule has 6 aromatic rings. The molecule has 10 rings (SSSR count). The van der Waals surface area contributed by atoms with Crippen molar-refractivity contribution in [3.8, 4) is 46.0 Å². The summed E-state index contributed by atoms with van der Waals surface area (Å²) in [5.41, 5.74) is 9.84. The van der Waals surface area contributed by atoms with Crippen LogP contribution in [0.5, 0.6) is 46.0 Å². The summed E-state index contributed by atoms with van der Waals surface area (Å²) in [5, 5.41) is 0. The number of quaternary nitrogens is 2. The predicted octanol–water partition coefficient (Wildman–Crippen LogP) is 10.6. The number of fused-ring (bicyclic) bond motifs is 2. The molecule has 0 saturated heterocycles. The summed E-state index contributed by atoms with van der Waals surface area (Å²) in [6, 6.07) is 43.3. The molecular formula is C52H56N2O6+2. The Morgan fingerprint density at radius 1 is 0.533 bits per heavy atom. The second kappa shape index (κ2) is 16.2. The molecule has 0 aliphatic carbocycles. The van der Waals surface area contributed by atoms with Gasteiger partial charge in [-0.15, -0.1) is 0 Å². The van der Waals surface area contributed by atoms with E-state index in [1.807, 2.05) is 6.07 Å². The third kappa shape index (κ3) is 7.43. The minimum atomic E-state index is -0.0367. The van der Waals surface area contributed by atoms with Gasteiger partial charge in [-0.05, 0) is 64.7 Å². The Labute approximate surface area is 354 Å². The summed E-state index contributed by atoms with van der Waals surface area (Å²) in [6.45, 7) is 3.66. The summed E-state index contributed by atoms with van der Waals surface area (Å²) >= 11 is 0. The molecule has 4 aliphatic heterocycles. The lowest BCUT2D eigenvalue weighted by Gasteiger charge is -2.47. The van der Waals surface area contributed by atoms with Gasteiger partial charge in [-0.2, -0.15) is 0 Å². The van der Waals surface area contributed by atoms with Crippen LogP contribution in [0.4, 0.5) is 0 Å². The minimum absolute atomic E-state index is 0.0367. The van der Waals surface area contributed by atoms with E-state index in [0.717, 1.165) is 71.3 Å². The van der Waals surface area contributed by atoms with Crippen molar-refractivity contribution in [2.24, 2.45) is 0 Å². The normalized spacial score (nSPS) is 21.6. The molecule has 0 fully saturated rings. The average Bonchev–Trinajstić information content (AvgIpc) is 3.26. The first-order valence-corrected chi connectivity index (χ1v) is 21.1. The van der Waals surface area contributed by atoms with Gasteiger partial charge in [-0.3, -0.25) is 0 Å². The van der Waals surface area contributed by atoms with E-state index in [2.05, 4.69) is 129 Å². The lowest BCUT2D eigenvalue weighted by molar-refractivity contribution is -0.954. The summed E-state index contributed by atoms with van der Waals surface area (Å²) in [6.07, 6.45) is 3.31. The standard InChI is InChI=1S/C52H56N2O6/c1-53(33-36-13-9-7-10-14-36)25-23-39-30-46(56-4)48-32-42(39)43(53)27-35-17-20-41(21-18-35)59-47-29-38(19-22-45(47)55-3)28-44-50-40(31-49(57-5)51(58-6)52(50)60-48)24-26-54(44,2)34-37-15-11-8-12-16-37/h7-22,29-32,43-44H,23-28,33-34H2,1-6H3/q+2. The molecule has 4 heterocycles. The van der Waals surface area contributed by atoms with Crippen LogP contribution in [0.2, 0.25) is 0 Å². The quantitative estimate of drug-likeness (QED) is 0.143. The molecular weight excluding hydrogens is 749 g/mol. The number of hydrogen-bond donors (Lipinski definition) is 0. The average molecular weight is 805 g/mol. The Bertz CT molecular complexity index is 2490. The maximum atomic E-state index is 7.40. The van der Waals surface area contributed by atoms with Gasteiger partial charge in [0, 0.05) is 42.4 Å². The van der Waals surface area contributed by atoms with Crippen LogP contribution in [-0.2, 0) is 38.8 Å². The molecule has 0 amide bonds. The Morgan fingerprint density at radius 2 is 1.10 bits per heavy atom. The van der Waals surface area contributed by atoms with Crippen molar-refractivity contribution in [3.05, 3.63) is 166 Å².